The number of halogens is 3. The molecule has 0 heterocycles. The molecule has 0 aromatic carbocycles. The number of hydrogen-bond acceptors (Lipinski definition) is 2. The van der Waals surface area contributed by atoms with Gasteiger partial charge in [0.2, 0.25) is 0 Å². The Labute approximate surface area is 112 Å². The molecule has 1 aliphatic rings. The van der Waals surface area contributed by atoms with Crippen molar-refractivity contribution in [2.45, 2.75) is 63.4 Å². The average molecular weight is 283 g/mol. The molecular formula is C13H24F3NS. The van der Waals surface area contributed by atoms with Gasteiger partial charge in [-0.2, -0.15) is 13.2 Å². The molecule has 1 unspecified atom stereocenters. The summed E-state index contributed by atoms with van der Waals surface area (Å²) in [7, 11) is 0. The lowest BCUT2D eigenvalue weighted by atomic mass is 9.94. The van der Waals surface area contributed by atoms with Crippen LogP contribution < -0.4 is 5.32 Å². The molecule has 18 heavy (non-hydrogen) atoms. The third kappa shape index (κ3) is 6.88. The summed E-state index contributed by atoms with van der Waals surface area (Å²) < 4.78 is 36.1. The van der Waals surface area contributed by atoms with Crippen LogP contribution in [0.4, 0.5) is 13.2 Å². The van der Waals surface area contributed by atoms with Crippen LogP contribution in [-0.2, 0) is 0 Å². The van der Waals surface area contributed by atoms with Crippen LogP contribution in [0, 0.1) is 5.92 Å². The van der Waals surface area contributed by atoms with Gasteiger partial charge in [0.05, 0.1) is 0 Å². The second-order valence-electron chi connectivity index (χ2n) is 5.04. The molecule has 1 nitrogen and oxygen atoms in total. The fraction of sp³-hybridized carbons (Fsp3) is 1.00. The summed E-state index contributed by atoms with van der Waals surface area (Å²) >= 11 is 0.114. The van der Waals surface area contributed by atoms with E-state index < -0.39 is 5.51 Å². The zero-order valence-electron chi connectivity index (χ0n) is 11.1. The van der Waals surface area contributed by atoms with Crippen LogP contribution in [0.25, 0.3) is 0 Å². The highest BCUT2D eigenvalue weighted by Gasteiger charge is 2.28. The van der Waals surface area contributed by atoms with Gasteiger partial charge in [0.15, 0.2) is 0 Å². The number of hydrogen-bond donors (Lipinski definition) is 1. The van der Waals surface area contributed by atoms with Crippen molar-refractivity contribution in [2.24, 2.45) is 5.92 Å². The Hall–Kier alpha value is 0.100. The van der Waals surface area contributed by atoms with E-state index >= 15 is 0 Å². The van der Waals surface area contributed by atoms with E-state index in [0.29, 0.717) is 18.4 Å². The third-order valence-electron chi connectivity index (χ3n) is 3.55. The summed E-state index contributed by atoms with van der Waals surface area (Å²) in [5.41, 5.74) is -4.07. The minimum Gasteiger partial charge on any atom is -0.314 e. The number of nitrogens with one attached hydrogen (secondary N) is 1. The van der Waals surface area contributed by atoms with Gasteiger partial charge in [-0.1, -0.05) is 31.5 Å². The molecule has 1 N–H and O–H groups in total. The Bertz CT molecular complexity index is 215. The molecule has 0 spiro atoms. The largest absolute Gasteiger partial charge is 0.441 e. The summed E-state index contributed by atoms with van der Waals surface area (Å²) in [4.78, 5) is 0. The fourth-order valence-electron chi connectivity index (χ4n) is 2.69. The van der Waals surface area contributed by atoms with Crippen molar-refractivity contribution >= 4 is 11.8 Å². The summed E-state index contributed by atoms with van der Waals surface area (Å²) in [6.45, 7) is 3.10. The van der Waals surface area contributed by atoms with Gasteiger partial charge in [-0.25, -0.2) is 0 Å². The zero-order valence-corrected chi connectivity index (χ0v) is 11.9. The first-order valence-electron chi connectivity index (χ1n) is 6.97. The van der Waals surface area contributed by atoms with Gasteiger partial charge in [-0.05, 0) is 44.6 Å². The van der Waals surface area contributed by atoms with Crippen LogP contribution in [0.3, 0.4) is 0 Å². The van der Waals surface area contributed by atoms with E-state index in [-0.39, 0.29) is 17.5 Å². The molecule has 108 valence electrons. The van der Waals surface area contributed by atoms with E-state index in [4.69, 9.17) is 0 Å². The molecule has 0 aromatic heterocycles. The molecule has 1 aliphatic carbocycles. The number of rotatable bonds is 8. The van der Waals surface area contributed by atoms with Gasteiger partial charge in [-0.15, -0.1) is 0 Å². The molecule has 0 saturated heterocycles. The maximum absolute atomic E-state index is 12.0. The fourth-order valence-corrected chi connectivity index (χ4v) is 3.23. The van der Waals surface area contributed by atoms with Crippen molar-refractivity contribution in [1.29, 1.82) is 0 Å². The van der Waals surface area contributed by atoms with Crippen LogP contribution in [0.1, 0.15) is 51.9 Å². The van der Waals surface area contributed by atoms with E-state index in [9.17, 15) is 13.2 Å². The Morgan fingerprint density at radius 1 is 1.28 bits per heavy atom. The summed E-state index contributed by atoms with van der Waals surface area (Å²) in [6.07, 6.45) is 7.68. The van der Waals surface area contributed by atoms with E-state index in [1.165, 1.54) is 25.7 Å². The van der Waals surface area contributed by atoms with Gasteiger partial charge in [-0.3, -0.25) is 0 Å². The summed E-state index contributed by atoms with van der Waals surface area (Å²) in [5, 5.41) is 3.52. The SMILES string of the molecule is CCCNC(CCCSC(F)(F)F)C1CCCC1. The van der Waals surface area contributed by atoms with E-state index in [1.54, 1.807) is 0 Å². The lowest BCUT2D eigenvalue weighted by Gasteiger charge is -2.24. The third-order valence-corrected chi connectivity index (χ3v) is 4.37. The van der Waals surface area contributed by atoms with Crippen LogP contribution in [0.2, 0.25) is 0 Å². The highest BCUT2D eigenvalue weighted by molar-refractivity contribution is 8.00. The lowest BCUT2D eigenvalue weighted by molar-refractivity contribution is -0.0328. The molecule has 0 bridgehead atoms. The first kappa shape index (κ1) is 16.2. The zero-order chi connectivity index (χ0) is 13.4. The van der Waals surface area contributed by atoms with E-state index in [1.807, 2.05) is 0 Å². The molecule has 1 fully saturated rings. The first-order valence-corrected chi connectivity index (χ1v) is 7.95. The Balaban J connectivity index is 2.23. The first-order chi connectivity index (χ1) is 8.53. The number of alkyl halides is 3. The van der Waals surface area contributed by atoms with Crippen LogP contribution in [0.5, 0.6) is 0 Å². The average Bonchev–Trinajstić information content (AvgIpc) is 2.80. The normalized spacial score (nSPS) is 19.3. The van der Waals surface area contributed by atoms with Crippen LogP contribution in [0.15, 0.2) is 0 Å². The molecule has 5 heteroatoms. The monoisotopic (exact) mass is 283 g/mol. The Morgan fingerprint density at radius 3 is 2.50 bits per heavy atom. The van der Waals surface area contributed by atoms with Crippen LogP contribution in [-0.4, -0.2) is 23.8 Å². The van der Waals surface area contributed by atoms with Crippen molar-refractivity contribution in [3.8, 4) is 0 Å². The molecule has 1 atom stereocenters. The van der Waals surface area contributed by atoms with Gasteiger partial charge in [0.25, 0.3) is 0 Å². The van der Waals surface area contributed by atoms with Gasteiger partial charge in [0, 0.05) is 11.8 Å². The smallest absolute Gasteiger partial charge is 0.314 e. The minimum absolute atomic E-state index is 0.114. The van der Waals surface area contributed by atoms with Crippen LogP contribution >= 0.6 is 11.8 Å². The highest BCUT2D eigenvalue weighted by Crippen LogP contribution is 2.33. The predicted molar refractivity (Wildman–Crippen MR) is 71.8 cm³/mol. The molecule has 0 aliphatic heterocycles. The van der Waals surface area contributed by atoms with Crippen molar-refractivity contribution in [1.82, 2.24) is 5.32 Å². The Morgan fingerprint density at radius 2 is 1.94 bits per heavy atom. The predicted octanol–water partition coefficient (Wildman–Crippen LogP) is 4.58. The number of thioether (sulfide) groups is 1. The lowest BCUT2D eigenvalue weighted by Crippen LogP contribution is -2.35. The topological polar surface area (TPSA) is 12.0 Å². The summed E-state index contributed by atoms with van der Waals surface area (Å²) in [6, 6.07) is 0.432. The second kappa shape index (κ2) is 8.31. The maximum atomic E-state index is 12.0. The van der Waals surface area contributed by atoms with E-state index in [2.05, 4.69) is 12.2 Å². The van der Waals surface area contributed by atoms with Gasteiger partial charge < -0.3 is 5.32 Å². The highest BCUT2D eigenvalue weighted by atomic mass is 32.2. The molecule has 0 radical (unpaired) electrons. The van der Waals surface area contributed by atoms with Crippen molar-refractivity contribution < 1.29 is 13.2 Å². The summed E-state index contributed by atoms with van der Waals surface area (Å²) in [5.74, 6) is 0.882. The maximum Gasteiger partial charge on any atom is 0.441 e. The van der Waals surface area contributed by atoms with Crippen molar-refractivity contribution in [3.05, 3.63) is 0 Å². The van der Waals surface area contributed by atoms with Crippen molar-refractivity contribution in [3.63, 3.8) is 0 Å². The molecule has 1 saturated carbocycles. The quantitative estimate of drug-likeness (QED) is 0.654. The molecular weight excluding hydrogens is 259 g/mol. The standard InChI is InChI=1S/C13H24F3NS/c1-2-9-17-12(11-6-3-4-7-11)8-5-10-18-13(14,15)16/h11-12,17H,2-10H2,1H3. The molecule has 0 aromatic rings. The molecule has 0 amide bonds. The van der Waals surface area contributed by atoms with E-state index in [0.717, 1.165) is 19.4 Å². The van der Waals surface area contributed by atoms with Crippen molar-refractivity contribution in [2.75, 3.05) is 12.3 Å². The van der Waals surface area contributed by atoms with Gasteiger partial charge in [0.1, 0.15) is 0 Å². The van der Waals surface area contributed by atoms with Gasteiger partial charge >= 0.3 is 5.51 Å². The molecule has 1 rings (SSSR count). The Kier molecular flexibility index (Phi) is 7.46. The second-order valence-corrected chi connectivity index (χ2v) is 6.20. The minimum atomic E-state index is -4.07.